The first-order chi connectivity index (χ1) is 5.70. The molecule has 0 N–H and O–H groups in total. The summed E-state index contributed by atoms with van der Waals surface area (Å²) in [6.45, 7) is 9.32. The summed E-state index contributed by atoms with van der Waals surface area (Å²) in [5.74, 6) is 0. The number of unbranched alkanes of at least 4 members (excludes halogenated alkanes) is 2. The Morgan fingerprint density at radius 2 is 1.75 bits per heavy atom. The molecule has 0 aromatic rings. The maximum atomic E-state index is 2.35. The van der Waals surface area contributed by atoms with Gasteiger partial charge in [0.2, 0.25) is 0 Å². The summed E-state index contributed by atoms with van der Waals surface area (Å²) < 4.78 is 0. The molecule has 0 nitrogen and oxygen atoms in total. The van der Waals surface area contributed by atoms with Crippen LogP contribution in [0.1, 0.15) is 59.8 Å². The van der Waals surface area contributed by atoms with Crippen LogP contribution in [0, 0.1) is 0 Å². The standard InChI is InChI=1S/C11H25P/c1-5-7-8-9-11(6-2)12-10(3)4/h10-12H,5-9H2,1-4H3. The molecular formula is C11H25P. The molecule has 0 aliphatic heterocycles. The molecule has 0 aromatic heterocycles. The van der Waals surface area contributed by atoms with Crippen molar-refractivity contribution in [3.05, 3.63) is 0 Å². The molecule has 1 heteroatoms. The fraction of sp³-hybridized carbons (Fsp3) is 1.00. The average molecular weight is 188 g/mol. The molecule has 0 saturated heterocycles. The Morgan fingerprint density at radius 1 is 1.08 bits per heavy atom. The van der Waals surface area contributed by atoms with Gasteiger partial charge in [0, 0.05) is 0 Å². The highest BCUT2D eigenvalue weighted by atomic mass is 31.1. The average Bonchev–Trinajstić information content (AvgIpc) is 2.02. The summed E-state index contributed by atoms with van der Waals surface area (Å²) in [5.41, 5.74) is 1.94. The van der Waals surface area contributed by atoms with E-state index in [-0.39, 0.29) is 0 Å². The van der Waals surface area contributed by atoms with E-state index >= 15 is 0 Å². The fourth-order valence-corrected chi connectivity index (χ4v) is 3.07. The van der Waals surface area contributed by atoms with E-state index in [0.717, 1.165) is 11.3 Å². The second kappa shape index (κ2) is 8.05. The molecule has 0 bridgehead atoms. The van der Waals surface area contributed by atoms with E-state index in [9.17, 15) is 0 Å². The van der Waals surface area contributed by atoms with Gasteiger partial charge in [-0.05, 0) is 24.2 Å². The van der Waals surface area contributed by atoms with Crippen LogP contribution < -0.4 is 0 Å². The van der Waals surface area contributed by atoms with Crippen molar-refractivity contribution in [2.75, 3.05) is 0 Å². The van der Waals surface area contributed by atoms with Crippen molar-refractivity contribution < 1.29 is 0 Å². The molecular weight excluding hydrogens is 163 g/mol. The number of rotatable bonds is 7. The zero-order chi connectivity index (χ0) is 9.40. The Morgan fingerprint density at radius 3 is 2.17 bits per heavy atom. The van der Waals surface area contributed by atoms with Gasteiger partial charge in [-0.15, -0.1) is 8.58 Å². The van der Waals surface area contributed by atoms with E-state index in [2.05, 4.69) is 27.7 Å². The van der Waals surface area contributed by atoms with Gasteiger partial charge < -0.3 is 0 Å². The molecule has 74 valence electrons. The zero-order valence-corrected chi connectivity index (χ0v) is 10.2. The lowest BCUT2D eigenvalue weighted by atomic mass is 10.1. The third-order valence-electron chi connectivity index (χ3n) is 2.22. The third kappa shape index (κ3) is 7.10. The number of hydrogen-bond donors (Lipinski definition) is 0. The van der Waals surface area contributed by atoms with Gasteiger partial charge in [0.15, 0.2) is 0 Å². The molecule has 0 spiro atoms. The van der Waals surface area contributed by atoms with E-state index in [1.807, 2.05) is 0 Å². The Labute approximate surface area is 80.3 Å². The molecule has 2 atom stereocenters. The molecule has 0 saturated carbocycles. The maximum Gasteiger partial charge on any atom is -0.0237 e. The molecule has 0 radical (unpaired) electrons. The van der Waals surface area contributed by atoms with Crippen LogP contribution in [0.4, 0.5) is 0 Å². The lowest BCUT2D eigenvalue weighted by Crippen LogP contribution is -2.02. The van der Waals surface area contributed by atoms with Gasteiger partial charge in [0.05, 0.1) is 0 Å². The summed E-state index contributed by atoms with van der Waals surface area (Å²) >= 11 is 0. The minimum absolute atomic E-state index is 0.913. The topological polar surface area (TPSA) is 0 Å². The number of hydrogen-bond acceptors (Lipinski definition) is 0. The Balaban J connectivity index is 3.39. The van der Waals surface area contributed by atoms with Crippen LogP contribution in [-0.4, -0.2) is 11.3 Å². The lowest BCUT2D eigenvalue weighted by molar-refractivity contribution is 0.631. The van der Waals surface area contributed by atoms with Crippen molar-refractivity contribution >= 4 is 8.58 Å². The molecule has 0 aliphatic rings. The summed E-state index contributed by atoms with van der Waals surface area (Å²) in [7, 11) is 1.19. The SMILES string of the molecule is CCCCCC(CC)PC(C)C. The molecule has 0 rings (SSSR count). The van der Waals surface area contributed by atoms with Crippen LogP contribution in [0.25, 0.3) is 0 Å². The first-order valence-corrected chi connectivity index (χ1v) is 6.62. The smallest absolute Gasteiger partial charge is 0.0237 e. The summed E-state index contributed by atoms with van der Waals surface area (Å²) in [6.07, 6.45) is 7.11. The highest BCUT2D eigenvalue weighted by Crippen LogP contribution is 2.30. The van der Waals surface area contributed by atoms with Gasteiger partial charge in [-0.3, -0.25) is 0 Å². The van der Waals surface area contributed by atoms with E-state index < -0.39 is 0 Å². The predicted octanol–water partition coefficient (Wildman–Crippen LogP) is 4.43. The largest absolute Gasteiger partial charge is 0.116 e. The van der Waals surface area contributed by atoms with E-state index in [1.54, 1.807) is 0 Å². The van der Waals surface area contributed by atoms with E-state index in [0.29, 0.717) is 0 Å². The van der Waals surface area contributed by atoms with E-state index in [4.69, 9.17) is 0 Å². The van der Waals surface area contributed by atoms with Crippen LogP contribution >= 0.6 is 8.58 Å². The third-order valence-corrected chi connectivity index (χ3v) is 4.05. The monoisotopic (exact) mass is 188 g/mol. The lowest BCUT2D eigenvalue weighted by Gasteiger charge is -2.16. The van der Waals surface area contributed by atoms with Gasteiger partial charge >= 0.3 is 0 Å². The summed E-state index contributed by atoms with van der Waals surface area (Å²) in [6, 6.07) is 0. The first-order valence-electron chi connectivity index (χ1n) is 5.46. The summed E-state index contributed by atoms with van der Waals surface area (Å²) in [5, 5.41) is 0. The fourth-order valence-electron chi connectivity index (χ4n) is 1.52. The van der Waals surface area contributed by atoms with Crippen LogP contribution in [0.15, 0.2) is 0 Å². The van der Waals surface area contributed by atoms with Crippen LogP contribution in [-0.2, 0) is 0 Å². The van der Waals surface area contributed by atoms with Crippen molar-refractivity contribution in [3.63, 3.8) is 0 Å². The highest BCUT2D eigenvalue weighted by molar-refractivity contribution is 7.39. The normalized spacial score (nSPS) is 14.8. The summed E-state index contributed by atoms with van der Waals surface area (Å²) in [4.78, 5) is 0. The van der Waals surface area contributed by atoms with Gasteiger partial charge in [-0.2, -0.15) is 0 Å². The second-order valence-corrected chi connectivity index (χ2v) is 6.23. The van der Waals surface area contributed by atoms with Gasteiger partial charge in [0.25, 0.3) is 0 Å². The van der Waals surface area contributed by atoms with Crippen LogP contribution in [0.5, 0.6) is 0 Å². The van der Waals surface area contributed by atoms with Gasteiger partial charge in [-0.1, -0.05) is 47.0 Å². The van der Waals surface area contributed by atoms with Crippen molar-refractivity contribution in [3.8, 4) is 0 Å². The molecule has 12 heavy (non-hydrogen) atoms. The second-order valence-electron chi connectivity index (χ2n) is 3.92. The molecule has 0 amide bonds. The Kier molecular flexibility index (Phi) is 8.34. The zero-order valence-electron chi connectivity index (χ0n) is 9.19. The Hall–Kier alpha value is 0.430. The molecule has 0 fully saturated rings. The quantitative estimate of drug-likeness (QED) is 0.409. The Bertz CT molecular complexity index is 89.0. The van der Waals surface area contributed by atoms with Crippen LogP contribution in [0.2, 0.25) is 0 Å². The van der Waals surface area contributed by atoms with Crippen molar-refractivity contribution in [1.82, 2.24) is 0 Å². The molecule has 0 aromatic carbocycles. The van der Waals surface area contributed by atoms with E-state index in [1.165, 1.54) is 40.7 Å². The first kappa shape index (κ1) is 12.4. The maximum absolute atomic E-state index is 2.35. The highest BCUT2D eigenvalue weighted by Gasteiger charge is 2.07. The van der Waals surface area contributed by atoms with Crippen molar-refractivity contribution in [1.29, 1.82) is 0 Å². The van der Waals surface area contributed by atoms with Crippen molar-refractivity contribution in [2.24, 2.45) is 0 Å². The van der Waals surface area contributed by atoms with Crippen LogP contribution in [0.3, 0.4) is 0 Å². The van der Waals surface area contributed by atoms with Crippen molar-refractivity contribution in [2.45, 2.75) is 71.1 Å². The van der Waals surface area contributed by atoms with Gasteiger partial charge in [-0.25, -0.2) is 0 Å². The predicted molar refractivity (Wildman–Crippen MR) is 61.7 cm³/mol. The van der Waals surface area contributed by atoms with Gasteiger partial charge in [0.1, 0.15) is 0 Å². The molecule has 0 aliphatic carbocycles. The molecule has 2 unspecified atom stereocenters. The minimum atomic E-state index is 0.913. The molecule has 0 heterocycles. The minimum Gasteiger partial charge on any atom is -0.116 e.